The van der Waals surface area contributed by atoms with Crippen LogP contribution in [0.2, 0.25) is 0 Å². The van der Waals surface area contributed by atoms with Gasteiger partial charge in [0.05, 0.1) is 0 Å². The first-order valence-corrected chi connectivity index (χ1v) is 2.38. The van der Waals surface area contributed by atoms with Gasteiger partial charge >= 0.3 is 0 Å². The maximum Gasteiger partial charge on any atom is 0.239 e. The molecular weight excluding hydrogens is 134 g/mol. The highest BCUT2D eigenvalue weighted by molar-refractivity contribution is 5.84. The summed E-state index contributed by atoms with van der Waals surface area (Å²) in [7, 11) is 0. The van der Waals surface area contributed by atoms with Gasteiger partial charge in [-0.2, -0.15) is 4.91 Å². The Labute approximate surface area is 59.7 Å². The molecule has 0 bridgehead atoms. The molecule has 0 fully saturated rings. The van der Waals surface area contributed by atoms with E-state index in [0.717, 1.165) is 0 Å². The number of primary amides is 1. The summed E-state index contributed by atoms with van der Waals surface area (Å²) >= 11 is 0. The van der Waals surface area contributed by atoms with Gasteiger partial charge in [-0.3, -0.25) is 4.79 Å². The third-order valence-corrected chi connectivity index (χ3v) is 0.956. The summed E-state index contributed by atoms with van der Waals surface area (Å²) in [5.41, 5.74) is 8.71. The van der Waals surface area contributed by atoms with Crippen LogP contribution in [0.5, 0.6) is 0 Å². The zero-order chi connectivity index (χ0) is 7.49. The second-order valence-electron chi connectivity index (χ2n) is 2.07. The van der Waals surface area contributed by atoms with Gasteiger partial charge in [0, 0.05) is 0 Å². The number of carbonyl (C=O) groups excluding carboxylic acids is 1. The molecule has 0 radical (unpaired) electrons. The molecule has 60 valence electrons. The van der Waals surface area contributed by atoms with Crippen LogP contribution in [0.4, 0.5) is 0 Å². The van der Waals surface area contributed by atoms with Gasteiger partial charge in [-0.1, -0.05) is 12.6 Å². The van der Waals surface area contributed by atoms with Crippen LogP contribution in [0.3, 0.4) is 0 Å². The van der Waals surface area contributed by atoms with Crippen LogP contribution in [0.15, 0.2) is 5.18 Å². The maximum absolute atomic E-state index is 10.3. The number of hydrogen-bond acceptors (Lipinski definition) is 4. The van der Waals surface area contributed by atoms with Gasteiger partial charge in [-0.25, -0.2) is 0 Å². The molecule has 0 heterocycles. The van der Waals surface area contributed by atoms with E-state index in [9.17, 15) is 9.70 Å². The topological polar surface area (TPSA) is 98.5 Å². The molecule has 0 aliphatic carbocycles. The Kier molecular flexibility index (Phi) is 4.65. The van der Waals surface area contributed by atoms with Gasteiger partial charge in [-0.15, -0.1) is 0 Å². The molecule has 0 spiro atoms. The zero-order valence-electron chi connectivity index (χ0n) is 5.13. The maximum atomic E-state index is 10.3. The molecule has 0 aromatic carbocycles. The number of nitrogens with zero attached hydrogens (tertiary/aromatic N) is 1. The number of nitrogens with two attached hydrogens (primary N) is 2. The SMILES string of the molecule is C.CC(N)(CN=O)C(N)=O. The summed E-state index contributed by atoms with van der Waals surface area (Å²) in [5.74, 6) is -0.720. The van der Waals surface area contributed by atoms with Crippen LogP contribution >= 0.6 is 0 Å². The Morgan fingerprint density at radius 1 is 1.70 bits per heavy atom. The van der Waals surface area contributed by atoms with Crippen molar-refractivity contribution in [2.75, 3.05) is 6.54 Å². The fraction of sp³-hybridized carbons (Fsp3) is 0.800. The van der Waals surface area contributed by atoms with Crippen molar-refractivity contribution >= 4 is 5.91 Å². The lowest BCUT2D eigenvalue weighted by atomic mass is 10.0. The minimum Gasteiger partial charge on any atom is -0.368 e. The molecule has 0 aromatic rings. The smallest absolute Gasteiger partial charge is 0.239 e. The molecule has 1 atom stereocenters. The van der Waals surface area contributed by atoms with Gasteiger partial charge < -0.3 is 11.5 Å². The summed E-state index contributed by atoms with van der Waals surface area (Å²) in [4.78, 5) is 19.9. The molecule has 0 aromatic heterocycles. The first-order valence-electron chi connectivity index (χ1n) is 2.38. The van der Waals surface area contributed by atoms with E-state index >= 15 is 0 Å². The van der Waals surface area contributed by atoms with Crippen molar-refractivity contribution < 1.29 is 4.79 Å². The Hall–Kier alpha value is -0.970. The normalized spacial score (nSPS) is 14.6. The molecule has 0 aliphatic rings. The molecule has 0 saturated heterocycles. The fourth-order valence-electron chi connectivity index (χ4n) is 0.212. The summed E-state index contributed by atoms with van der Waals surface area (Å²) < 4.78 is 0. The minimum atomic E-state index is -1.29. The van der Waals surface area contributed by atoms with Crippen LogP contribution in [0.25, 0.3) is 0 Å². The van der Waals surface area contributed by atoms with E-state index in [4.69, 9.17) is 11.5 Å². The third-order valence-electron chi connectivity index (χ3n) is 0.956. The van der Waals surface area contributed by atoms with E-state index in [1.165, 1.54) is 6.92 Å². The number of carbonyl (C=O) groups is 1. The molecule has 5 heteroatoms. The highest BCUT2D eigenvalue weighted by Gasteiger charge is 2.25. The van der Waals surface area contributed by atoms with E-state index in [2.05, 4.69) is 5.18 Å². The standard InChI is InChI=1S/C4H9N3O2.CH4/c1-4(6,2-7-9)3(5)8;/h2,6H2,1H3,(H2,5,8);1H4. The molecule has 5 nitrogen and oxygen atoms in total. The van der Waals surface area contributed by atoms with Crippen LogP contribution in [0.1, 0.15) is 14.4 Å². The van der Waals surface area contributed by atoms with Crippen LogP contribution in [-0.4, -0.2) is 18.0 Å². The molecule has 0 rings (SSSR count). The average Bonchev–Trinajstić information content (AvgIpc) is 1.65. The number of hydrogen-bond donors (Lipinski definition) is 2. The first kappa shape index (κ1) is 11.8. The van der Waals surface area contributed by atoms with Crippen molar-refractivity contribution in [1.29, 1.82) is 0 Å². The van der Waals surface area contributed by atoms with E-state index in [0.29, 0.717) is 0 Å². The molecule has 1 amide bonds. The van der Waals surface area contributed by atoms with Gasteiger partial charge in [-0.05, 0) is 6.92 Å². The van der Waals surface area contributed by atoms with Crippen molar-refractivity contribution in [2.24, 2.45) is 16.6 Å². The van der Waals surface area contributed by atoms with Crippen LogP contribution in [-0.2, 0) is 4.79 Å². The lowest BCUT2D eigenvalue weighted by Crippen LogP contribution is -2.51. The van der Waals surface area contributed by atoms with Crippen LogP contribution < -0.4 is 11.5 Å². The Morgan fingerprint density at radius 3 is 2.20 bits per heavy atom. The fourth-order valence-corrected chi connectivity index (χ4v) is 0.212. The minimum absolute atomic E-state index is 0. The van der Waals surface area contributed by atoms with Crippen molar-refractivity contribution in [2.45, 2.75) is 19.9 Å². The molecule has 4 N–H and O–H groups in total. The molecule has 0 saturated carbocycles. The number of rotatable bonds is 3. The zero-order valence-corrected chi connectivity index (χ0v) is 5.13. The monoisotopic (exact) mass is 147 g/mol. The lowest BCUT2D eigenvalue weighted by molar-refractivity contribution is -0.122. The second kappa shape index (κ2) is 3.94. The van der Waals surface area contributed by atoms with E-state index in [1.54, 1.807) is 0 Å². The van der Waals surface area contributed by atoms with Gasteiger partial charge in [0.2, 0.25) is 5.91 Å². The van der Waals surface area contributed by atoms with E-state index in [1.807, 2.05) is 0 Å². The average molecular weight is 147 g/mol. The Bertz CT molecular complexity index is 133. The van der Waals surface area contributed by atoms with Crippen LogP contribution in [0, 0.1) is 4.91 Å². The van der Waals surface area contributed by atoms with Gasteiger partial charge in [0.25, 0.3) is 0 Å². The summed E-state index contributed by atoms with van der Waals surface area (Å²) in [5, 5.41) is 2.45. The highest BCUT2D eigenvalue weighted by Crippen LogP contribution is 1.96. The van der Waals surface area contributed by atoms with E-state index < -0.39 is 11.4 Å². The molecule has 1 unspecified atom stereocenters. The first-order chi connectivity index (χ1) is 4.00. The Morgan fingerprint density at radius 2 is 2.10 bits per heavy atom. The second-order valence-corrected chi connectivity index (χ2v) is 2.07. The largest absolute Gasteiger partial charge is 0.368 e. The van der Waals surface area contributed by atoms with Crippen molar-refractivity contribution in [3.8, 4) is 0 Å². The summed E-state index contributed by atoms with van der Waals surface area (Å²) in [6.45, 7) is 1.08. The Balaban J connectivity index is 0. The quantitative estimate of drug-likeness (QED) is 0.531. The molecular formula is C5H13N3O2. The van der Waals surface area contributed by atoms with Gasteiger partial charge in [0.1, 0.15) is 12.1 Å². The highest BCUT2D eigenvalue weighted by atomic mass is 16.3. The summed E-state index contributed by atoms with van der Waals surface area (Å²) in [6.07, 6.45) is 0. The predicted octanol–water partition coefficient (Wildman–Crippen LogP) is -0.408. The number of nitroso groups, excluding NO2 is 1. The third kappa shape index (κ3) is 3.13. The molecule has 0 aliphatic heterocycles. The van der Waals surface area contributed by atoms with Gasteiger partial charge in [0.15, 0.2) is 0 Å². The lowest BCUT2D eigenvalue weighted by Gasteiger charge is -2.14. The van der Waals surface area contributed by atoms with Crippen molar-refractivity contribution in [1.82, 2.24) is 0 Å². The van der Waals surface area contributed by atoms with Crippen molar-refractivity contribution in [3.63, 3.8) is 0 Å². The van der Waals surface area contributed by atoms with E-state index in [-0.39, 0.29) is 14.0 Å². The van der Waals surface area contributed by atoms with Crippen molar-refractivity contribution in [3.05, 3.63) is 4.91 Å². The summed E-state index contributed by atoms with van der Waals surface area (Å²) in [6, 6.07) is 0. The number of amides is 1. The molecule has 10 heavy (non-hydrogen) atoms. The predicted molar refractivity (Wildman–Crippen MR) is 39.2 cm³/mol.